The zero-order chi connectivity index (χ0) is 15.3. The van der Waals surface area contributed by atoms with E-state index in [1.54, 1.807) is 13.8 Å². The minimum Gasteiger partial charge on any atom is -0.381 e. The van der Waals surface area contributed by atoms with E-state index < -0.39 is 26.7 Å². The predicted octanol–water partition coefficient (Wildman–Crippen LogP) is 2.63. The van der Waals surface area contributed by atoms with Gasteiger partial charge in [-0.3, -0.25) is 4.90 Å². The molecule has 1 aliphatic rings. The number of hydrogen-bond donors (Lipinski definition) is 0. The van der Waals surface area contributed by atoms with E-state index in [4.69, 9.17) is 0 Å². The molecule has 0 radical (unpaired) electrons. The van der Waals surface area contributed by atoms with Crippen molar-refractivity contribution in [2.75, 3.05) is 7.05 Å². The average Bonchev–Trinajstić information content (AvgIpc) is 2.10. The van der Waals surface area contributed by atoms with Gasteiger partial charge in [-0.05, 0) is 40.8 Å². The van der Waals surface area contributed by atoms with Crippen molar-refractivity contribution >= 4 is 10.1 Å². The Labute approximate surface area is 111 Å². The van der Waals surface area contributed by atoms with Crippen LogP contribution < -0.4 is 0 Å². The molecule has 0 N–H and O–H groups in total. The molecule has 0 spiro atoms. The van der Waals surface area contributed by atoms with Gasteiger partial charge in [0.15, 0.2) is 0 Å². The fraction of sp³-hybridized carbons (Fsp3) is 0.818. The maximum Gasteiger partial charge on any atom is 0.534 e. The van der Waals surface area contributed by atoms with Crippen molar-refractivity contribution in [2.45, 2.75) is 50.7 Å². The number of nitrogens with zero attached hydrogens (tertiary/aromatic N) is 1. The van der Waals surface area contributed by atoms with E-state index in [2.05, 4.69) is 4.18 Å². The molecule has 0 atom stereocenters. The molecule has 1 rings (SSSR count). The highest BCUT2D eigenvalue weighted by Crippen LogP contribution is 2.38. The molecule has 0 bridgehead atoms. The van der Waals surface area contributed by atoms with Crippen LogP contribution in [0.2, 0.25) is 0 Å². The van der Waals surface area contributed by atoms with Gasteiger partial charge in [0.2, 0.25) is 0 Å². The van der Waals surface area contributed by atoms with Crippen molar-refractivity contribution in [3.8, 4) is 0 Å². The maximum absolute atomic E-state index is 12.3. The highest BCUT2D eigenvalue weighted by molar-refractivity contribution is 7.87. The van der Waals surface area contributed by atoms with Crippen LogP contribution in [-0.4, -0.2) is 37.0 Å². The molecule has 0 saturated carbocycles. The Bertz CT molecular complexity index is 492. The van der Waals surface area contributed by atoms with Crippen LogP contribution in [0.5, 0.6) is 0 Å². The molecule has 0 aromatic rings. The van der Waals surface area contributed by atoms with Gasteiger partial charge in [0.05, 0.1) is 0 Å². The summed E-state index contributed by atoms with van der Waals surface area (Å²) in [4.78, 5) is 1.95. The Hall–Kier alpha value is -0.760. The van der Waals surface area contributed by atoms with Crippen LogP contribution >= 0.6 is 0 Å². The Morgan fingerprint density at radius 1 is 1.26 bits per heavy atom. The van der Waals surface area contributed by atoms with Gasteiger partial charge in [-0.1, -0.05) is 0 Å². The second kappa shape index (κ2) is 4.37. The third kappa shape index (κ3) is 3.22. The van der Waals surface area contributed by atoms with E-state index >= 15 is 0 Å². The van der Waals surface area contributed by atoms with E-state index in [1.165, 1.54) is 6.08 Å². The molecule has 0 saturated heterocycles. The number of hydrogen-bond acceptors (Lipinski definition) is 4. The highest BCUT2D eigenvalue weighted by Gasteiger charge is 2.50. The summed E-state index contributed by atoms with van der Waals surface area (Å²) in [5.74, 6) is -0.176. The lowest BCUT2D eigenvalue weighted by Gasteiger charge is -2.48. The Morgan fingerprint density at radius 2 is 1.74 bits per heavy atom. The molecule has 0 amide bonds. The zero-order valence-electron chi connectivity index (χ0n) is 11.5. The van der Waals surface area contributed by atoms with Crippen molar-refractivity contribution < 1.29 is 25.8 Å². The van der Waals surface area contributed by atoms with Crippen molar-refractivity contribution in [1.82, 2.24) is 4.90 Å². The van der Waals surface area contributed by atoms with Crippen LogP contribution in [0.25, 0.3) is 0 Å². The van der Waals surface area contributed by atoms with Gasteiger partial charge in [0.1, 0.15) is 5.76 Å². The van der Waals surface area contributed by atoms with E-state index in [0.717, 1.165) is 0 Å². The number of halogens is 3. The lowest BCUT2D eigenvalue weighted by atomic mass is 9.85. The molecule has 0 fully saturated rings. The zero-order valence-corrected chi connectivity index (χ0v) is 12.3. The lowest BCUT2D eigenvalue weighted by Crippen LogP contribution is -2.55. The topological polar surface area (TPSA) is 46.6 Å². The number of alkyl halides is 3. The van der Waals surface area contributed by atoms with E-state index in [0.29, 0.717) is 0 Å². The molecular formula is C11H18F3NO3S. The molecule has 0 unspecified atom stereocenters. The van der Waals surface area contributed by atoms with Crippen molar-refractivity contribution in [2.24, 2.45) is 0 Å². The Morgan fingerprint density at radius 3 is 2.11 bits per heavy atom. The van der Waals surface area contributed by atoms with Crippen LogP contribution in [0.1, 0.15) is 34.1 Å². The third-order valence-corrected chi connectivity index (χ3v) is 4.39. The summed E-state index contributed by atoms with van der Waals surface area (Å²) in [7, 11) is -3.78. The van der Waals surface area contributed by atoms with Gasteiger partial charge >= 0.3 is 15.6 Å². The molecule has 0 aromatic heterocycles. The first-order valence-corrected chi connectivity index (χ1v) is 7.06. The lowest BCUT2D eigenvalue weighted by molar-refractivity contribution is -0.0535. The average molecular weight is 301 g/mol. The van der Waals surface area contributed by atoms with Crippen molar-refractivity contribution in [1.29, 1.82) is 0 Å². The maximum atomic E-state index is 12.3. The van der Waals surface area contributed by atoms with E-state index in [9.17, 15) is 21.6 Å². The second-order valence-corrected chi connectivity index (χ2v) is 7.33. The minimum absolute atomic E-state index is 0.0856. The monoisotopic (exact) mass is 301 g/mol. The van der Waals surface area contributed by atoms with E-state index in [1.807, 2.05) is 25.8 Å². The summed E-state index contributed by atoms with van der Waals surface area (Å²) in [5.41, 5.74) is -6.52. The smallest absolute Gasteiger partial charge is 0.381 e. The fourth-order valence-corrected chi connectivity index (χ4v) is 2.59. The van der Waals surface area contributed by atoms with Crippen molar-refractivity contribution in [3.05, 3.63) is 11.8 Å². The Balaban J connectivity index is 3.11. The van der Waals surface area contributed by atoms with Gasteiger partial charge in [-0.2, -0.15) is 21.6 Å². The van der Waals surface area contributed by atoms with Gasteiger partial charge in [-0.25, -0.2) is 0 Å². The SMILES string of the molecule is CN1C(C)(C)C=C(OS(=O)(=O)C(F)(F)F)CC1(C)C. The first-order chi connectivity index (χ1) is 8.19. The Kier molecular flexibility index (Phi) is 3.75. The molecule has 0 aromatic carbocycles. The van der Waals surface area contributed by atoms with Crippen molar-refractivity contribution in [3.63, 3.8) is 0 Å². The van der Waals surface area contributed by atoms with Crippen LogP contribution in [0.15, 0.2) is 11.8 Å². The molecule has 0 aliphatic carbocycles. The summed E-state index contributed by atoms with van der Waals surface area (Å²) in [6, 6.07) is 0. The first-order valence-electron chi connectivity index (χ1n) is 5.65. The molecule has 4 nitrogen and oxygen atoms in total. The minimum atomic E-state index is -5.60. The van der Waals surface area contributed by atoms with Crippen LogP contribution in [0.4, 0.5) is 13.2 Å². The molecule has 1 heterocycles. The standard InChI is InChI=1S/C11H18F3NO3S/c1-9(2)6-8(7-10(3,4)15(9)5)18-19(16,17)11(12,13)14/h6H,7H2,1-5H3. The van der Waals surface area contributed by atoms with Gasteiger partial charge in [0, 0.05) is 17.5 Å². The molecule has 19 heavy (non-hydrogen) atoms. The summed E-state index contributed by atoms with van der Waals surface area (Å²) < 4.78 is 63.2. The van der Waals surface area contributed by atoms with Gasteiger partial charge in [0.25, 0.3) is 0 Å². The molecule has 1 aliphatic heterocycles. The summed E-state index contributed by atoms with van der Waals surface area (Å²) >= 11 is 0. The summed E-state index contributed by atoms with van der Waals surface area (Å²) in [5, 5.41) is 0. The van der Waals surface area contributed by atoms with Gasteiger partial charge in [-0.15, -0.1) is 0 Å². The predicted molar refractivity (Wildman–Crippen MR) is 64.7 cm³/mol. The quantitative estimate of drug-likeness (QED) is 0.581. The number of likely N-dealkylation sites (N-methyl/N-ethyl adjacent to an activating group) is 1. The summed E-state index contributed by atoms with van der Waals surface area (Å²) in [6.45, 7) is 7.17. The molecular weight excluding hydrogens is 283 g/mol. The first kappa shape index (κ1) is 16.3. The largest absolute Gasteiger partial charge is 0.534 e. The van der Waals surface area contributed by atoms with Crippen LogP contribution in [0, 0.1) is 0 Å². The summed E-state index contributed by atoms with van der Waals surface area (Å²) in [6.07, 6.45) is 1.49. The molecule has 8 heteroatoms. The molecule has 112 valence electrons. The van der Waals surface area contributed by atoms with Crippen LogP contribution in [-0.2, 0) is 14.3 Å². The number of rotatable bonds is 2. The van der Waals surface area contributed by atoms with E-state index in [-0.39, 0.29) is 12.2 Å². The highest BCUT2D eigenvalue weighted by atomic mass is 32.2. The fourth-order valence-electron chi connectivity index (χ4n) is 2.11. The third-order valence-electron chi connectivity index (χ3n) is 3.39. The van der Waals surface area contributed by atoms with Crippen LogP contribution in [0.3, 0.4) is 0 Å². The van der Waals surface area contributed by atoms with Gasteiger partial charge < -0.3 is 4.18 Å². The second-order valence-electron chi connectivity index (χ2n) is 5.80. The normalized spacial score (nSPS) is 23.9.